The van der Waals surface area contributed by atoms with E-state index in [1.807, 2.05) is 19.1 Å². The zero-order valence-electron chi connectivity index (χ0n) is 11.0. The van der Waals surface area contributed by atoms with Crippen LogP contribution in [0.5, 0.6) is 0 Å². The van der Waals surface area contributed by atoms with Gasteiger partial charge in [-0.25, -0.2) is 0 Å². The zero-order chi connectivity index (χ0) is 13.7. The van der Waals surface area contributed by atoms with Crippen molar-refractivity contribution >= 4 is 29.1 Å². The van der Waals surface area contributed by atoms with E-state index in [0.29, 0.717) is 22.4 Å². The van der Waals surface area contributed by atoms with Gasteiger partial charge in [0.25, 0.3) is 5.91 Å². The molecule has 1 rings (SSSR count). The molecule has 0 aliphatic heterocycles. The number of rotatable bonds is 5. The standard InChI is InChI=1S/C14H19Cl2NO/c1-9(2)4-13(8-15)17-14(18)11-5-10(3)6-12(16)7-11/h5-7,9,13H,4,8H2,1-3H3,(H,17,18). The van der Waals surface area contributed by atoms with Gasteiger partial charge in [-0.1, -0.05) is 25.4 Å². The van der Waals surface area contributed by atoms with Crippen LogP contribution in [-0.2, 0) is 0 Å². The van der Waals surface area contributed by atoms with E-state index in [1.165, 1.54) is 0 Å². The van der Waals surface area contributed by atoms with Crippen LogP contribution in [0, 0.1) is 12.8 Å². The number of alkyl halides is 1. The highest BCUT2D eigenvalue weighted by Gasteiger charge is 2.14. The van der Waals surface area contributed by atoms with E-state index in [-0.39, 0.29) is 11.9 Å². The summed E-state index contributed by atoms with van der Waals surface area (Å²) < 4.78 is 0. The van der Waals surface area contributed by atoms with Crippen LogP contribution in [-0.4, -0.2) is 17.8 Å². The highest BCUT2D eigenvalue weighted by molar-refractivity contribution is 6.31. The second-order valence-corrected chi connectivity index (χ2v) is 5.72. The molecule has 2 nitrogen and oxygen atoms in total. The SMILES string of the molecule is Cc1cc(Cl)cc(C(=O)NC(CCl)CC(C)C)c1. The van der Waals surface area contributed by atoms with Crippen molar-refractivity contribution in [3.8, 4) is 0 Å². The van der Waals surface area contributed by atoms with Gasteiger partial charge in [-0.2, -0.15) is 0 Å². The Bertz CT molecular complexity index is 398. The lowest BCUT2D eigenvalue weighted by Gasteiger charge is -2.18. The highest BCUT2D eigenvalue weighted by Crippen LogP contribution is 2.15. The van der Waals surface area contributed by atoms with Crippen molar-refractivity contribution in [3.63, 3.8) is 0 Å². The summed E-state index contributed by atoms with van der Waals surface area (Å²) >= 11 is 11.8. The van der Waals surface area contributed by atoms with Crippen molar-refractivity contribution in [1.29, 1.82) is 0 Å². The molecule has 0 aliphatic carbocycles. The molecule has 1 atom stereocenters. The molecule has 18 heavy (non-hydrogen) atoms. The molecular formula is C14H19Cl2NO. The molecule has 1 aromatic carbocycles. The second kappa shape index (κ2) is 7.01. The molecule has 0 bridgehead atoms. The van der Waals surface area contributed by atoms with Crippen LogP contribution in [0.15, 0.2) is 18.2 Å². The van der Waals surface area contributed by atoms with Crippen LogP contribution in [0.4, 0.5) is 0 Å². The van der Waals surface area contributed by atoms with Crippen LogP contribution in [0.1, 0.15) is 36.2 Å². The summed E-state index contributed by atoms with van der Waals surface area (Å²) in [5, 5.41) is 3.51. The summed E-state index contributed by atoms with van der Waals surface area (Å²) in [5.41, 5.74) is 1.55. The number of benzene rings is 1. The number of carbonyl (C=O) groups is 1. The van der Waals surface area contributed by atoms with Crippen molar-refractivity contribution in [3.05, 3.63) is 34.3 Å². The van der Waals surface area contributed by atoms with Crippen molar-refractivity contribution < 1.29 is 4.79 Å². The maximum Gasteiger partial charge on any atom is 0.251 e. The predicted molar refractivity (Wildman–Crippen MR) is 77.6 cm³/mol. The van der Waals surface area contributed by atoms with Gasteiger partial charge in [0, 0.05) is 22.5 Å². The maximum atomic E-state index is 12.1. The molecule has 1 amide bonds. The molecule has 0 heterocycles. The fourth-order valence-corrected chi connectivity index (χ4v) is 2.36. The number of aryl methyl sites for hydroxylation is 1. The Kier molecular flexibility index (Phi) is 5.97. The smallest absolute Gasteiger partial charge is 0.251 e. The fourth-order valence-electron chi connectivity index (χ4n) is 1.87. The lowest BCUT2D eigenvalue weighted by atomic mass is 10.0. The first-order valence-electron chi connectivity index (χ1n) is 6.06. The van der Waals surface area contributed by atoms with Crippen LogP contribution < -0.4 is 5.32 Å². The Labute approximate surface area is 119 Å². The van der Waals surface area contributed by atoms with Crippen molar-refractivity contribution in [2.75, 3.05) is 5.88 Å². The van der Waals surface area contributed by atoms with Gasteiger partial charge in [-0.05, 0) is 43.0 Å². The van der Waals surface area contributed by atoms with Gasteiger partial charge in [-0.15, -0.1) is 11.6 Å². The zero-order valence-corrected chi connectivity index (χ0v) is 12.5. The summed E-state index contributed by atoms with van der Waals surface area (Å²) in [6.07, 6.45) is 0.870. The van der Waals surface area contributed by atoms with Crippen LogP contribution in [0.2, 0.25) is 5.02 Å². The van der Waals surface area contributed by atoms with E-state index in [1.54, 1.807) is 6.07 Å². The quantitative estimate of drug-likeness (QED) is 0.814. The summed E-state index contributed by atoms with van der Waals surface area (Å²) in [6, 6.07) is 5.32. The first-order chi connectivity index (χ1) is 8.42. The Morgan fingerprint density at radius 3 is 2.50 bits per heavy atom. The maximum absolute atomic E-state index is 12.1. The summed E-state index contributed by atoms with van der Waals surface area (Å²) in [5.74, 6) is 0.797. The lowest BCUT2D eigenvalue weighted by molar-refractivity contribution is 0.0936. The number of hydrogen-bond donors (Lipinski definition) is 1. The first kappa shape index (κ1) is 15.3. The molecule has 0 saturated carbocycles. The van der Waals surface area contributed by atoms with Crippen LogP contribution in [0.3, 0.4) is 0 Å². The molecule has 0 spiro atoms. The first-order valence-corrected chi connectivity index (χ1v) is 6.97. The minimum atomic E-state index is -0.119. The monoisotopic (exact) mass is 287 g/mol. The van der Waals surface area contributed by atoms with E-state index in [2.05, 4.69) is 19.2 Å². The molecule has 0 saturated heterocycles. The van der Waals surface area contributed by atoms with Crippen molar-refractivity contribution in [2.45, 2.75) is 33.2 Å². The average Bonchev–Trinajstić information content (AvgIpc) is 2.26. The lowest BCUT2D eigenvalue weighted by Crippen LogP contribution is -2.37. The molecule has 100 valence electrons. The topological polar surface area (TPSA) is 29.1 Å². The average molecular weight is 288 g/mol. The largest absolute Gasteiger partial charge is 0.348 e. The molecule has 0 aliphatic rings. The fraction of sp³-hybridized carbons (Fsp3) is 0.500. The molecule has 1 N–H and O–H groups in total. The van der Waals surface area contributed by atoms with Gasteiger partial charge >= 0.3 is 0 Å². The summed E-state index contributed by atoms with van der Waals surface area (Å²) in [6.45, 7) is 6.13. The molecule has 1 unspecified atom stereocenters. The van der Waals surface area contributed by atoms with E-state index in [0.717, 1.165) is 12.0 Å². The molecular weight excluding hydrogens is 269 g/mol. The number of hydrogen-bond acceptors (Lipinski definition) is 1. The Morgan fingerprint density at radius 1 is 1.33 bits per heavy atom. The highest BCUT2D eigenvalue weighted by atomic mass is 35.5. The Hall–Kier alpha value is -0.730. The van der Waals surface area contributed by atoms with Crippen LogP contribution >= 0.6 is 23.2 Å². The Morgan fingerprint density at radius 2 is 2.00 bits per heavy atom. The second-order valence-electron chi connectivity index (χ2n) is 4.97. The van der Waals surface area contributed by atoms with E-state index in [4.69, 9.17) is 23.2 Å². The molecule has 0 aromatic heterocycles. The number of amides is 1. The number of halogens is 2. The molecule has 0 fully saturated rings. The van der Waals surface area contributed by atoms with Gasteiger partial charge in [-0.3, -0.25) is 4.79 Å². The van der Waals surface area contributed by atoms with Crippen molar-refractivity contribution in [2.24, 2.45) is 5.92 Å². The van der Waals surface area contributed by atoms with E-state index < -0.39 is 0 Å². The minimum Gasteiger partial charge on any atom is -0.348 e. The summed E-state index contributed by atoms with van der Waals surface area (Å²) in [4.78, 5) is 12.1. The third-order valence-corrected chi connectivity index (χ3v) is 3.17. The van der Waals surface area contributed by atoms with Gasteiger partial charge in [0.15, 0.2) is 0 Å². The van der Waals surface area contributed by atoms with Gasteiger partial charge in [0.05, 0.1) is 0 Å². The van der Waals surface area contributed by atoms with E-state index in [9.17, 15) is 4.79 Å². The van der Waals surface area contributed by atoms with Gasteiger partial charge < -0.3 is 5.32 Å². The van der Waals surface area contributed by atoms with E-state index >= 15 is 0 Å². The van der Waals surface area contributed by atoms with Crippen LogP contribution in [0.25, 0.3) is 0 Å². The third-order valence-electron chi connectivity index (χ3n) is 2.58. The molecule has 0 radical (unpaired) electrons. The van der Waals surface area contributed by atoms with Gasteiger partial charge in [0.2, 0.25) is 0 Å². The number of carbonyl (C=O) groups excluding carboxylic acids is 1. The summed E-state index contributed by atoms with van der Waals surface area (Å²) in [7, 11) is 0. The predicted octanol–water partition coefficient (Wildman–Crippen LogP) is 4.03. The minimum absolute atomic E-state index is 0.00143. The third kappa shape index (κ3) is 4.87. The normalized spacial score (nSPS) is 12.6. The van der Waals surface area contributed by atoms with Gasteiger partial charge in [0.1, 0.15) is 0 Å². The van der Waals surface area contributed by atoms with Crippen molar-refractivity contribution in [1.82, 2.24) is 5.32 Å². The molecule has 1 aromatic rings. The number of nitrogens with one attached hydrogen (secondary N) is 1. The molecule has 4 heteroatoms. The Balaban J connectivity index is 2.74.